The highest BCUT2D eigenvalue weighted by atomic mass is 16.2. The van der Waals surface area contributed by atoms with Gasteiger partial charge in [-0.2, -0.15) is 0 Å². The number of amides is 2. The summed E-state index contributed by atoms with van der Waals surface area (Å²) in [6, 6.07) is -0.571. The van der Waals surface area contributed by atoms with E-state index in [1.54, 1.807) is 6.92 Å². The fourth-order valence-corrected chi connectivity index (χ4v) is 1.27. The highest BCUT2D eigenvalue weighted by molar-refractivity contribution is 5.87. The average molecular weight is 185 g/mol. The van der Waals surface area contributed by atoms with Gasteiger partial charge in [-0.3, -0.25) is 9.59 Å². The molecular formula is C8H15N3O2. The Bertz CT molecular complexity index is 223. The SMILES string of the molecule is CC(NC(=O)C1CN(C)C1)C(N)=O. The second-order valence-electron chi connectivity index (χ2n) is 3.55. The second-order valence-corrected chi connectivity index (χ2v) is 3.55. The molecule has 1 aliphatic rings. The molecule has 1 unspecified atom stereocenters. The summed E-state index contributed by atoms with van der Waals surface area (Å²) in [7, 11) is 1.95. The number of rotatable bonds is 3. The van der Waals surface area contributed by atoms with Crippen LogP contribution in [0.4, 0.5) is 0 Å². The molecule has 0 aliphatic carbocycles. The van der Waals surface area contributed by atoms with Gasteiger partial charge in [0.25, 0.3) is 0 Å². The molecule has 5 nitrogen and oxygen atoms in total. The highest BCUT2D eigenvalue weighted by Gasteiger charge is 2.30. The van der Waals surface area contributed by atoms with E-state index in [2.05, 4.69) is 5.32 Å². The third-order valence-corrected chi connectivity index (χ3v) is 2.22. The van der Waals surface area contributed by atoms with Gasteiger partial charge in [0.05, 0.1) is 5.92 Å². The van der Waals surface area contributed by atoms with Gasteiger partial charge in [0.15, 0.2) is 0 Å². The van der Waals surface area contributed by atoms with E-state index in [4.69, 9.17) is 5.73 Å². The minimum Gasteiger partial charge on any atom is -0.368 e. The zero-order valence-electron chi connectivity index (χ0n) is 7.91. The standard InChI is InChI=1S/C8H15N3O2/c1-5(7(9)12)10-8(13)6-3-11(2)4-6/h5-6H,3-4H2,1-2H3,(H2,9,12)(H,10,13). The lowest BCUT2D eigenvalue weighted by Gasteiger charge is -2.35. The van der Waals surface area contributed by atoms with E-state index in [9.17, 15) is 9.59 Å². The summed E-state index contributed by atoms with van der Waals surface area (Å²) >= 11 is 0. The number of nitrogens with one attached hydrogen (secondary N) is 1. The summed E-state index contributed by atoms with van der Waals surface area (Å²) in [4.78, 5) is 24.0. The third-order valence-electron chi connectivity index (χ3n) is 2.22. The molecule has 0 radical (unpaired) electrons. The lowest BCUT2D eigenvalue weighted by Crippen LogP contribution is -2.54. The quantitative estimate of drug-likeness (QED) is 0.564. The van der Waals surface area contributed by atoms with Crippen molar-refractivity contribution in [2.24, 2.45) is 11.7 Å². The van der Waals surface area contributed by atoms with E-state index in [-0.39, 0.29) is 11.8 Å². The number of nitrogens with zero attached hydrogens (tertiary/aromatic N) is 1. The Labute approximate surface area is 77.3 Å². The summed E-state index contributed by atoms with van der Waals surface area (Å²) in [5, 5.41) is 2.56. The van der Waals surface area contributed by atoms with Crippen molar-refractivity contribution in [2.75, 3.05) is 20.1 Å². The van der Waals surface area contributed by atoms with Crippen LogP contribution in [-0.2, 0) is 9.59 Å². The van der Waals surface area contributed by atoms with Gasteiger partial charge in [-0.05, 0) is 14.0 Å². The molecule has 1 aliphatic heterocycles. The first-order chi connectivity index (χ1) is 6.00. The largest absolute Gasteiger partial charge is 0.368 e. The molecule has 0 spiro atoms. The predicted molar refractivity (Wildman–Crippen MR) is 47.8 cm³/mol. The zero-order chi connectivity index (χ0) is 10.0. The molecule has 0 bridgehead atoms. The van der Waals surface area contributed by atoms with Crippen molar-refractivity contribution < 1.29 is 9.59 Å². The van der Waals surface area contributed by atoms with E-state index >= 15 is 0 Å². The van der Waals surface area contributed by atoms with Crippen LogP contribution in [0.2, 0.25) is 0 Å². The molecule has 1 rings (SSSR count). The zero-order valence-corrected chi connectivity index (χ0v) is 7.91. The number of hydrogen-bond donors (Lipinski definition) is 2. The Balaban J connectivity index is 2.29. The summed E-state index contributed by atoms with van der Waals surface area (Å²) in [5.41, 5.74) is 5.01. The predicted octanol–water partition coefficient (Wildman–Crippen LogP) is -1.46. The van der Waals surface area contributed by atoms with Gasteiger partial charge in [-0.1, -0.05) is 0 Å². The Hall–Kier alpha value is -1.10. The van der Waals surface area contributed by atoms with Crippen LogP contribution in [0.15, 0.2) is 0 Å². The Morgan fingerprint density at radius 3 is 2.46 bits per heavy atom. The maximum Gasteiger partial charge on any atom is 0.239 e. The topological polar surface area (TPSA) is 75.4 Å². The lowest BCUT2D eigenvalue weighted by molar-refractivity contribution is -0.133. The first kappa shape index (κ1) is 9.98. The van der Waals surface area contributed by atoms with E-state index < -0.39 is 11.9 Å². The smallest absolute Gasteiger partial charge is 0.239 e. The van der Waals surface area contributed by atoms with Crippen LogP contribution in [0.3, 0.4) is 0 Å². The van der Waals surface area contributed by atoms with E-state index in [1.807, 2.05) is 11.9 Å². The van der Waals surface area contributed by atoms with Crippen molar-refractivity contribution in [3.8, 4) is 0 Å². The summed E-state index contributed by atoms with van der Waals surface area (Å²) in [6.45, 7) is 3.11. The third kappa shape index (κ3) is 2.42. The van der Waals surface area contributed by atoms with Crippen molar-refractivity contribution in [1.29, 1.82) is 0 Å². The molecule has 13 heavy (non-hydrogen) atoms. The van der Waals surface area contributed by atoms with Crippen LogP contribution in [0, 0.1) is 5.92 Å². The van der Waals surface area contributed by atoms with Crippen molar-refractivity contribution in [3.05, 3.63) is 0 Å². The van der Waals surface area contributed by atoms with Gasteiger partial charge >= 0.3 is 0 Å². The number of primary amides is 1. The molecule has 74 valence electrons. The molecular weight excluding hydrogens is 170 g/mol. The normalized spacial score (nSPS) is 20.5. The average Bonchev–Trinajstić information content (AvgIpc) is 1.98. The molecule has 1 atom stereocenters. The van der Waals surface area contributed by atoms with Crippen molar-refractivity contribution in [1.82, 2.24) is 10.2 Å². The minimum absolute atomic E-state index is 0.0202. The fourth-order valence-electron chi connectivity index (χ4n) is 1.27. The van der Waals surface area contributed by atoms with E-state index in [1.165, 1.54) is 0 Å². The molecule has 1 heterocycles. The van der Waals surface area contributed by atoms with Gasteiger partial charge in [0.1, 0.15) is 6.04 Å². The van der Waals surface area contributed by atoms with Gasteiger partial charge < -0.3 is 16.0 Å². The van der Waals surface area contributed by atoms with Crippen LogP contribution >= 0.6 is 0 Å². The number of carbonyl (C=O) groups excluding carboxylic acids is 2. The molecule has 5 heteroatoms. The molecule has 2 amide bonds. The number of likely N-dealkylation sites (tertiary alicyclic amines) is 1. The first-order valence-corrected chi connectivity index (χ1v) is 4.29. The van der Waals surface area contributed by atoms with Crippen molar-refractivity contribution in [2.45, 2.75) is 13.0 Å². The molecule has 1 saturated heterocycles. The molecule has 0 aromatic heterocycles. The van der Waals surface area contributed by atoms with Crippen LogP contribution < -0.4 is 11.1 Å². The lowest BCUT2D eigenvalue weighted by atomic mass is 10.00. The molecule has 3 N–H and O–H groups in total. The maximum absolute atomic E-state index is 11.3. The summed E-state index contributed by atoms with van der Waals surface area (Å²) in [5.74, 6) is -0.558. The van der Waals surface area contributed by atoms with Gasteiger partial charge in [-0.15, -0.1) is 0 Å². The van der Waals surface area contributed by atoms with E-state index in [0.29, 0.717) is 0 Å². The van der Waals surface area contributed by atoms with Crippen LogP contribution in [0.5, 0.6) is 0 Å². The number of carbonyl (C=O) groups is 2. The summed E-state index contributed by atoms with van der Waals surface area (Å²) in [6.07, 6.45) is 0. The van der Waals surface area contributed by atoms with Crippen LogP contribution in [-0.4, -0.2) is 42.9 Å². The molecule has 0 saturated carbocycles. The van der Waals surface area contributed by atoms with E-state index in [0.717, 1.165) is 13.1 Å². The molecule has 1 fully saturated rings. The Morgan fingerprint density at radius 2 is 2.08 bits per heavy atom. The minimum atomic E-state index is -0.571. The van der Waals surface area contributed by atoms with Gasteiger partial charge in [-0.25, -0.2) is 0 Å². The maximum atomic E-state index is 11.3. The molecule has 0 aromatic rings. The van der Waals surface area contributed by atoms with Crippen molar-refractivity contribution >= 4 is 11.8 Å². The number of nitrogens with two attached hydrogens (primary N) is 1. The first-order valence-electron chi connectivity index (χ1n) is 4.29. The molecule has 0 aromatic carbocycles. The monoisotopic (exact) mass is 185 g/mol. The van der Waals surface area contributed by atoms with Gasteiger partial charge in [0.2, 0.25) is 11.8 Å². The van der Waals surface area contributed by atoms with Crippen molar-refractivity contribution in [3.63, 3.8) is 0 Å². The number of hydrogen-bond acceptors (Lipinski definition) is 3. The highest BCUT2D eigenvalue weighted by Crippen LogP contribution is 2.12. The Kier molecular flexibility index (Phi) is 2.87. The fraction of sp³-hybridized carbons (Fsp3) is 0.750. The second kappa shape index (κ2) is 3.74. The Morgan fingerprint density at radius 1 is 1.54 bits per heavy atom. The van der Waals surface area contributed by atoms with Crippen LogP contribution in [0.25, 0.3) is 0 Å². The summed E-state index contributed by atoms with van der Waals surface area (Å²) < 4.78 is 0. The van der Waals surface area contributed by atoms with Gasteiger partial charge in [0, 0.05) is 13.1 Å². The van der Waals surface area contributed by atoms with Crippen LogP contribution in [0.1, 0.15) is 6.92 Å².